The lowest BCUT2D eigenvalue weighted by atomic mass is 10.3. The highest BCUT2D eigenvalue weighted by Gasteiger charge is 2.09. The standard InChI is InChI=1S/C9H6BrClS2/c1-12-9-6(10)4-7-5(8(9)11)2-3-13-7/h2-4H,1H3. The molecule has 13 heavy (non-hydrogen) atoms. The Morgan fingerprint density at radius 3 is 3.00 bits per heavy atom. The summed E-state index contributed by atoms with van der Waals surface area (Å²) in [5.74, 6) is 0. The van der Waals surface area contributed by atoms with E-state index in [2.05, 4.69) is 33.4 Å². The fraction of sp³-hybridized carbons (Fsp3) is 0.111. The van der Waals surface area contributed by atoms with Crippen LogP contribution in [0, 0.1) is 0 Å². The van der Waals surface area contributed by atoms with Crippen LogP contribution in [-0.4, -0.2) is 6.26 Å². The van der Waals surface area contributed by atoms with E-state index in [1.165, 1.54) is 4.70 Å². The van der Waals surface area contributed by atoms with Crippen molar-refractivity contribution in [1.29, 1.82) is 0 Å². The molecule has 0 aliphatic heterocycles. The summed E-state index contributed by atoms with van der Waals surface area (Å²) in [6.45, 7) is 0. The summed E-state index contributed by atoms with van der Waals surface area (Å²) in [6.07, 6.45) is 2.03. The van der Waals surface area contributed by atoms with Crippen molar-refractivity contribution in [2.45, 2.75) is 4.90 Å². The molecule has 0 aliphatic rings. The molecule has 1 aromatic carbocycles. The van der Waals surface area contributed by atoms with Crippen LogP contribution < -0.4 is 0 Å². The number of halogens is 2. The van der Waals surface area contributed by atoms with Crippen LogP contribution in [0.4, 0.5) is 0 Å². The molecule has 0 radical (unpaired) electrons. The topological polar surface area (TPSA) is 0 Å². The molecule has 0 spiro atoms. The van der Waals surface area contributed by atoms with E-state index in [4.69, 9.17) is 11.6 Å². The quantitative estimate of drug-likeness (QED) is 0.664. The van der Waals surface area contributed by atoms with Gasteiger partial charge in [-0.1, -0.05) is 11.6 Å². The van der Waals surface area contributed by atoms with Gasteiger partial charge in [0.1, 0.15) is 0 Å². The number of thioether (sulfide) groups is 1. The molecule has 2 rings (SSSR count). The van der Waals surface area contributed by atoms with E-state index in [-0.39, 0.29) is 0 Å². The van der Waals surface area contributed by atoms with Crippen LogP contribution >= 0.6 is 50.6 Å². The average molecular weight is 294 g/mol. The first-order valence-electron chi connectivity index (χ1n) is 3.63. The third-order valence-electron chi connectivity index (χ3n) is 1.81. The second-order valence-electron chi connectivity index (χ2n) is 2.54. The molecule has 0 nitrogen and oxygen atoms in total. The first-order valence-corrected chi connectivity index (χ1v) is 6.90. The van der Waals surface area contributed by atoms with Gasteiger partial charge in [0.05, 0.1) is 5.02 Å². The van der Waals surface area contributed by atoms with Crippen LogP contribution in [0.3, 0.4) is 0 Å². The second-order valence-corrected chi connectivity index (χ2v) is 5.53. The van der Waals surface area contributed by atoms with Gasteiger partial charge in [-0.2, -0.15) is 0 Å². The van der Waals surface area contributed by atoms with Gasteiger partial charge in [-0.25, -0.2) is 0 Å². The third-order valence-corrected chi connectivity index (χ3v) is 4.90. The highest BCUT2D eigenvalue weighted by molar-refractivity contribution is 9.10. The van der Waals surface area contributed by atoms with Gasteiger partial charge in [-0.05, 0) is 39.7 Å². The molecule has 0 bridgehead atoms. The summed E-state index contributed by atoms with van der Waals surface area (Å²) in [5.41, 5.74) is 0. The summed E-state index contributed by atoms with van der Waals surface area (Å²) in [7, 11) is 0. The van der Waals surface area contributed by atoms with Crippen LogP contribution in [0.2, 0.25) is 5.02 Å². The van der Waals surface area contributed by atoms with Crippen LogP contribution in [0.15, 0.2) is 26.9 Å². The van der Waals surface area contributed by atoms with Gasteiger partial charge in [0.25, 0.3) is 0 Å². The Morgan fingerprint density at radius 1 is 1.54 bits per heavy atom. The molecule has 1 aromatic heterocycles. The van der Waals surface area contributed by atoms with E-state index in [1.807, 2.05) is 6.26 Å². The Balaban J connectivity index is 2.85. The lowest BCUT2D eigenvalue weighted by molar-refractivity contribution is 1.46. The van der Waals surface area contributed by atoms with Crippen LogP contribution in [0.5, 0.6) is 0 Å². The van der Waals surface area contributed by atoms with Crippen molar-refractivity contribution in [3.63, 3.8) is 0 Å². The summed E-state index contributed by atoms with van der Waals surface area (Å²) in [4.78, 5) is 1.12. The molecule has 1 heterocycles. The highest BCUT2D eigenvalue weighted by atomic mass is 79.9. The van der Waals surface area contributed by atoms with E-state index >= 15 is 0 Å². The van der Waals surface area contributed by atoms with Gasteiger partial charge in [0.15, 0.2) is 0 Å². The number of fused-ring (bicyclic) bond motifs is 1. The molecular weight excluding hydrogens is 288 g/mol. The third kappa shape index (κ3) is 1.63. The van der Waals surface area contributed by atoms with Crippen molar-refractivity contribution in [3.05, 3.63) is 27.0 Å². The molecule has 4 heteroatoms. The summed E-state index contributed by atoms with van der Waals surface area (Å²) < 4.78 is 2.31. The maximum Gasteiger partial charge on any atom is 0.0640 e. The van der Waals surface area contributed by atoms with Gasteiger partial charge in [0.2, 0.25) is 0 Å². The van der Waals surface area contributed by atoms with Gasteiger partial charge < -0.3 is 0 Å². The predicted octanol–water partition coefficient (Wildman–Crippen LogP) is 5.04. The fourth-order valence-corrected chi connectivity index (χ4v) is 4.32. The average Bonchev–Trinajstić information content (AvgIpc) is 2.53. The minimum atomic E-state index is 0.859. The Bertz CT molecular complexity index is 450. The van der Waals surface area contributed by atoms with Crippen molar-refractivity contribution in [1.82, 2.24) is 0 Å². The number of hydrogen-bond acceptors (Lipinski definition) is 2. The SMILES string of the molecule is CSc1c(Br)cc2sccc2c1Cl. The lowest BCUT2D eigenvalue weighted by Crippen LogP contribution is -1.76. The molecular formula is C9H6BrClS2. The van der Waals surface area contributed by atoms with E-state index in [1.54, 1.807) is 23.1 Å². The maximum absolute atomic E-state index is 6.24. The Labute approximate surface area is 98.4 Å². The zero-order chi connectivity index (χ0) is 9.42. The van der Waals surface area contributed by atoms with Crippen LogP contribution in [0.25, 0.3) is 10.1 Å². The van der Waals surface area contributed by atoms with Crippen molar-refractivity contribution in [2.75, 3.05) is 6.26 Å². The molecule has 0 saturated carbocycles. The molecule has 0 amide bonds. The van der Waals surface area contributed by atoms with Gasteiger partial charge in [-0.3, -0.25) is 0 Å². The maximum atomic E-state index is 6.24. The number of hydrogen-bond donors (Lipinski definition) is 0. The molecule has 0 fully saturated rings. The van der Waals surface area contributed by atoms with Crippen molar-refractivity contribution in [3.8, 4) is 0 Å². The van der Waals surface area contributed by atoms with Crippen molar-refractivity contribution < 1.29 is 0 Å². The number of thiophene rings is 1. The summed E-state index contributed by atoms with van der Waals surface area (Å²) in [6, 6.07) is 4.19. The molecule has 0 saturated heterocycles. The minimum absolute atomic E-state index is 0.859. The lowest BCUT2D eigenvalue weighted by Gasteiger charge is -2.04. The van der Waals surface area contributed by atoms with Crippen molar-refractivity contribution in [2.24, 2.45) is 0 Å². The normalized spacial score (nSPS) is 11.0. The number of benzene rings is 1. The molecule has 0 aliphatic carbocycles. The first kappa shape index (κ1) is 9.84. The zero-order valence-corrected chi connectivity index (χ0v) is 10.8. The summed E-state index contributed by atoms with van der Waals surface area (Å²) in [5, 5.41) is 4.07. The Kier molecular flexibility index (Phi) is 2.88. The van der Waals surface area contributed by atoms with Gasteiger partial charge in [0, 0.05) is 19.5 Å². The van der Waals surface area contributed by atoms with Gasteiger partial charge in [-0.15, -0.1) is 23.1 Å². The van der Waals surface area contributed by atoms with E-state index in [0.717, 1.165) is 19.8 Å². The molecule has 0 N–H and O–H groups in total. The predicted molar refractivity (Wildman–Crippen MR) is 66.3 cm³/mol. The van der Waals surface area contributed by atoms with Crippen LogP contribution in [-0.2, 0) is 0 Å². The molecule has 0 unspecified atom stereocenters. The Hall–Kier alpha value is 0.300. The van der Waals surface area contributed by atoms with Crippen molar-refractivity contribution >= 4 is 60.7 Å². The molecule has 2 aromatic rings. The molecule has 68 valence electrons. The minimum Gasteiger partial charge on any atom is -0.144 e. The van der Waals surface area contributed by atoms with E-state index in [0.29, 0.717) is 0 Å². The highest BCUT2D eigenvalue weighted by Crippen LogP contribution is 2.40. The smallest absolute Gasteiger partial charge is 0.0640 e. The summed E-state index contributed by atoms with van der Waals surface area (Å²) >= 11 is 13.1. The largest absolute Gasteiger partial charge is 0.144 e. The van der Waals surface area contributed by atoms with E-state index in [9.17, 15) is 0 Å². The van der Waals surface area contributed by atoms with Crippen LogP contribution in [0.1, 0.15) is 0 Å². The second kappa shape index (κ2) is 3.81. The zero-order valence-electron chi connectivity index (χ0n) is 6.80. The monoisotopic (exact) mass is 292 g/mol. The number of rotatable bonds is 1. The fourth-order valence-electron chi connectivity index (χ4n) is 1.21. The Morgan fingerprint density at radius 2 is 2.31 bits per heavy atom. The molecule has 0 atom stereocenters. The van der Waals surface area contributed by atoms with E-state index < -0.39 is 0 Å². The van der Waals surface area contributed by atoms with Gasteiger partial charge >= 0.3 is 0 Å². The first-order chi connectivity index (χ1) is 6.24.